The zero-order chi connectivity index (χ0) is 15.2. The Morgan fingerprint density at radius 2 is 2.19 bits per heavy atom. The molecule has 2 N–H and O–H groups in total. The number of rotatable bonds is 5. The summed E-state index contributed by atoms with van der Waals surface area (Å²) in [5.41, 5.74) is -0.0579. The van der Waals surface area contributed by atoms with Gasteiger partial charge in [0, 0.05) is 24.0 Å². The van der Waals surface area contributed by atoms with E-state index in [0.717, 1.165) is 0 Å². The van der Waals surface area contributed by atoms with Crippen LogP contribution in [-0.2, 0) is 0 Å². The van der Waals surface area contributed by atoms with Gasteiger partial charge in [0.05, 0.1) is 11.6 Å². The number of aromatic nitrogens is 2. The van der Waals surface area contributed by atoms with Crippen LogP contribution in [0.4, 0.5) is 0 Å². The van der Waals surface area contributed by atoms with E-state index in [9.17, 15) is 9.59 Å². The van der Waals surface area contributed by atoms with Crippen LogP contribution in [0.1, 0.15) is 10.4 Å². The molecule has 0 saturated heterocycles. The van der Waals surface area contributed by atoms with Crippen molar-refractivity contribution >= 4 is 29.1 Å². The van der Waals surface area contributed by atoms with E-state index in [4.69, 9.17) is 27.9 Å². The Labute approximate surface area is 130 Å². The molecule has 0 aliphatic heterocycles. The lowest BCUT2D eigenvalue weighted by atomic mass is 10.2. The van der Waals surface area contributed by atoms with Crippen LogP contribution < -0.4 is 15.6 Å². The zero-order valence-corrected chi connectivity index (χ0v) is 12.2. The SMILES string of the molecule is O=C(NCCOc1ncc(Cl)cc1Cl)c1cc[nH]c(=O)c1. The monoisotopic (exact) mass is 327 g/mol. The third-order valence-electron chi connectivity index (χ3n) is 2.44. The Hall–Kier alpha value is -2.05. The van der Waals surface area contributed by atoms with Crippen molar-refractivity contribution in [3.8, 4) is 5.88 Å². The highest BCUT2D eigenvalue weighted by Crippen LogP contribution is 2.24. The summed E-state index contributed by atoms with van der Waals surface area (Å²) in [6, 6.07) is 4.24. The third kappa shape index (κ3) is 4.47. The van der Waals surface area contributed by atoms with Crippen LogP contribution in [0.25, 0.3) is 0 Å². The summed E-state index contributed by atoms with van der Waals surface area (Å²) in [6.07, 6.45) is 2.82. The van der Waals surface area contributed by atoms with Crippen molar-refractivity contribution in [2.75, 3.05) is 13.2 Å². The zero-order valence-electron chi connectivity index (χ0n) is 10.7. The summed E-state index contributed by atoms with van der Waals surface area (Å²) in [4.78, 5) is 29.2. The van der Waals surface area contributed by atoms with E-state index in [1.807, 2.05) is 0 Å². The molecule has 2 aromatic heterocycles. The van der Waals surface area contributed by atoms with E-state index in [0.29, 0.717) is 10.0 Å². The molecule has 0 fully saturated rings. The number of amides is 1. The van der Waals surface area contributed by atoms with Crippen molar-refractivity contribution in [2.45, 2.75) is 0 Å². The topological polar surface area (TPSA) is 84.1 Å². The second kappa shape index (κ2) is 7.10. The van der Waals surface area contributed by atoms with E-state index in [-0.39, 0.29) is 36.1 Å². The largest absolute Gasteiger partial charge is 0.475 e. The molecule has 0 aliphatic rings. The van der Waals surface area contributed by atoms with Gasteiger partial charge in [-0.3, -0.25) is 9.59 Å². The summed E-state index contributed by atoms with van der Waals surface area (Å²) in [5, 5.41) is 3.32. The van der Waals surface area contributed by atoms with E-state index in [1.165, 1.54) is 30.6 Å². The van der Waals surface area contributed by atoms with Crippen molar-refractivity contribution in [1.82, 2.24) is 15.3 Å². The lowest BCUT2D eigenvalue weighted by molar-refractivity contribution is 0.0946. The lowest BCUT2D eigenvalue weighted by Crippen LogP contribution is -2.29. The number of ether oxygens (including phenoxy) is 1. The van der Waals surface area contributed by atoms with Crippen LogP contribution >= 0.6 is 23.2 Å². The molecule has 0 aromatic carbocycles. The van der Waals surface area contributed by atoms with Gasteiger partial charge in [0.2, 0.25) is 11.4 Å². The summed E-state index contributed by atoms with van der Waals surface area (Å²) in [5.74, 6) is -0.119. The summed E-state index contributed by atoms with van der Waals surface area (Å²) in [6.45, 7) is 0.426. The Kier molecular flexibility index (Phi) is 5.19. The predicted octanol–water partition coefficient (Wildman–Crippen LogP) is 1.89. The molecule has 0 spiro atoms. The van der Waals surface area contributed by atoms with Gasteiger partial charge < -0.3 is 15.0 Å². The highest BCUT2D eigenvalue weighted by atomic mass is 35.5. The van der Waals surface area contributed by atoms with Crippen molar-refractivity contribution in [3.63, 3.8) is 0 Å². The first kappa shape index (κ1) is 15.3. The molecule has 0 atom stereocenters. The number of aromatic amines is 1. The van der Waals surface area contributed by atoms with Gasteiger partial charge in [-0.2, -0.15) is 0 Å². The first-order valence-corrected chi connectivity index (χ1v) is 6.72. The summed E-state index contributed by atoms with van der Waals surface area (Å²) < 4.78 is 5.32. The maximum Gasteiger partial charge on any atom is 0.251 e. The minimum absolute atomic E-state index is 0.184. The molecular weight excluding hydrogens is 317 g/mol. The van der Waals surface area contributed by atoms with E-state index in [2.05, 4.69) is 15.3 Å². The highest BCUT2D eigenvalue weighted by molar-refractivity contribution is 6.35. The molecule has 0 saturated carbocycles. The van der Waals surface area contributed by atoms with Gasteiger partial charge >= 0.3 is 0 Å². The first-order valence-electron chi connectivity index (χ1n) is 5.97. The average molecular weight is 328 g/mol. The first-order chi connectivity index (χ1) is 10.1. The molecule has 110 valence electrons. The van der Waals surface area contributed by atoms with Crippen LogP contribution in [0.3, 0.4) is 0 Å². The fourth-order valence-corrected chi connectivity index (χ4v) is 1.94. The summed E-state index contributed by atoms with van der Waals surface area (Å²) in [7, 11) is 0. The Bertz CT molecular complexity index is 703. The average Bonchev–Trinajstić information content (AvgIpc) is 2.45. The van der Waals surface area contributed by atoms with Gasteiger partial charge in [0.1, 0.15) is 11.6 Å². The molecular formula is C13H11Cl2N3O3. The van der Waals surface area contributed by atoms with Crippen LogP contribution in [0.5, 0.6) is 5.88 Å². The maximum atomic E-state index is 11.7. The Morgan fingerprint density at radius 1 is 1.38 bits per heavy atom. The lowest BCUT2D eigenvalue weighted by Gasteiger charge is -2.08. The van der Waals surface area contributed by atoms with Gasteiger partial charge in [-0.25, -0.2) is 4.98 Å². The molecule has 8 heteroatoms. The number of hydrogen-bond donors (Lipinski definition) is 2. The quantitative estimate of drug-likeness (QED) is 0.821. The van der Waals surface area contributed by atoms with Gasteiger partial charge in [-0.05, 0) is 12.1 Å². The number of nitrogens with zero attached hydrogens (tertiary/aromatic N) is 1. The van der Waals surface area contributed by atoms with Gasteiger partial charge in [-0.15, -0.1) is 0 Å². The molecule has 2 rings (SSSR count). The number of pyridine rings is 2. The summed E-state index contributed by atoms with van der Waals surface area (Å²) >= 11 is 11.6. The van der Waals surface area contributed by atoms with Crippen LogP contribution in [0.15, 0.2) is 35.4 Å². The van der Waals surface area contributed by atoms with Crippen molar-refractivity contribution in [1.29, 1.82) is 0 Å². The third-order valence-corrected chi connectivity index (χ3v) is 2.92. The minimum atomic E-state index is -0.361. The molecule has 1 amide bonds. The maximum absolute atomic E-state index is 11.7. The van der Waals surface area contributed by atoms with Crippen LogP contribution in [0.2, 0.25) is 10.0 Å². The Balaban J connectivity index is 1.82. The van der Waals surface area contributed by atoms with E-state index >= 15 is 0 Å². The normalized spacial score (nSPS) is 10.2. The fourth-order valence-electron chi connectivity index (χ4n) is 1.51. The number of halogens is 2. The molecule has 0 radical (unpaired) electrons. The van der Waals surface area contributed by atoms with Gasteiger partial charge in [-0.1, -0.05) is 23.2 Å². The molecule has 0 bridgehead atoms. The van der Waals surface area contributed by atoms with Gasteiger partial charge in [0.15, 0.2) is 0 Å². The number of nitrogens with one attached hydrogen (secondary N) is 2. The van der Waals surface area contributed by atoms with Crippen LogP contribution in [0, 0.1) is 0 Å². The van der Waals surface area contributed by atoms with Crippen molar-refractivity contribution in [2.24, 2.45) is 0 Å². The second-order valence-corrected chi connectivity index (χ2v) is 4.83. The second-order valence-electron chi connectivity index (χ2n) is 3.99. The Morgan fingerprint density at radius 3 is 2.90 bits per heavy atom. The molecule has 2 heterocycles. The smallest absolute Gasteiger partial charge is 0.251 e. The number of carbonyl (C=O) groups is 1. The molecule has 0 unspecified atom stereocenters. The predicted molar refractivity (Wildman–Crippen MR) is 79.1 cm³/mol. The van der Waals surface area contributed by atoms with E-state index < -0.39 is 0 Å². The van der Waals surface area contributed by atoms with Crippen molar-refractivity contribution < 1.29 is 9.53 Å². The minimum Gasteiger partial charge on any atom is -0.475 e. The highest BCUT2D eigenvalue weighted by Gasteiger charge is 2.07. The van der Waals surface area contributed by atoms with Gasteiger partial charge in [0.25, 0.3) is 5.91 Å². The number of hydrogen-bond acceptors (Lipinski definition) is 4. The van der Waals surface area contributed by atoms with Crippen molar-refractivity contribution in [3.05, 3.63) is 56.6 Å². The number of carbonyl (C=O) groups excluding carboxylic acids is 1. The number of H-pyrrole nitrogens is 1. The molecule has 0 aliphatic carbocycles. The standard InChI is InChI=1S/C13H11Cl2N3O3/c14-9-6-10(15)13(18-7-9)21-4-3-17-12(20)8-1-2-16-11(19)5-8/h1-2,5-7H,3-4H2,(H,16,19)(H,17,20). The molecule has 2 aromatic rings. The van der Waals surface area contributed by atoms with E-state index in [1.54, 1.807) is 0 Å². The molecule has 21 heavy (non-hydrogen) atoms. The van der Waals surface area contributed by atoms with Crippen LogP contribution in [-0.4, -0.2) is 29.0 Å². The fraction of sp³-hybridized carbons (Fsp3) is 0.154. The molecule has 6 nitrogen and oxygen atoms in total.